The van der Waals surface area contributed by atoms with Crippen LogP contribution in [0.4, 0.5) is 11.4 Å². The fourth-order valence-corrected chi connectivity index (χ4v) is 17.6. The van der Waals surface area contributed by atoms with Crippen LogP contribution in [0, 0.1) is 11.8 Å². The van der Waals surface area contributed by atoms with E-state index in [0.717, 1.165) is 85.3 Å². The second-order valence-corrected chi connectivity index (χ2v) is 30.7. The number of nitrogens with zero attached hydrogens (tertiary/aromatic N) is 2. The van der Waals surface area contributed by atoms with Gasteiger partial charge in [0.05, 0.1) is 26.3 Å². The van der Waals surface area contributed by atoms with Gasteiger partial charge in [-0.2, -0.15) is 0 Å². The molecule has 0 radical (unpaired) electrons. The van der Waals surface area contributed by atoms with Gasteiger partial charge in [-0.3, -0.25) is 9.59 Å². The molecule has 2 unspecified atom stereocenters. The Morgan fingerprint density at radius 3 is 0.988 bits per heavy atom. The lowest BCUT2D eigenvalue weighted by atomic mass is 9.93. The summed E-state index contributed by atoms with van der Waals surface area (Å²) in [4.78, 5) is 42.7. The van der Waals surface area contributed by atoms with Crippen LogP contribution in [0.25, 0.3) is 30.7 Å². The van der Waals surface area contributed by atoms with Gasteiger partial charge >= 0.3 is 0 Å². The Hall–Kier alpha value is -2.82. The molecule has 0 bridgehead atoms. The largest absolute Gasteiger partial charge is 0.307 e. The van der Waals surface area contributed by atoms with E-state index in [1.165, 1.54) is 251 Å². The average Bonchev–Trinajstić information content (AvgIpc) is 2.23. The maximum atomic E-state index is 15.8. The Balaban J connectivity index is 1.20. The smallest absolute Gasteiger partial charge is 0.260 e. The Bertz CT molecular complexity index is 2730. The van der Waals surface area contributed by atoms with Gasteiger partial charge < -0.3 is 9.80 Å². The van der Waals surface area contributed by atoms with Crippen LogP contribution < -0.4 is 20.2 Å². The molecule has 5 aromatic rings. The van der Waals surface area contributed by atoms with Gasteiger partial charge in [0.15, 0.2) is 0 Å². The van der Waals surface area contributed by atoms with E-state index in [0.29, 0.717) is 11.8 Å². The minimum atomic E-state index is 0.132. The maximum absolute atomic E-state index is 15.8. The van der Waals surface area contributed by atoms with Crippen molar-refractivity contribution in [2.75, 3.05) is 22.9 Å². The fourth-order valence-electron chi connectivity index (χ4n) is 13.2. The normalized spacial score (nSPS) is 14.0. The number of thiophene rings is 4. The first-order chi connectivity index (χ1) is 40.8. The predicted molar refractivity (Wildman–Crippen MR) is 373 cm³/mol. The van der Waals surface area contributed by atoms with E-state index in [1.807, 2.05) is 11.3 Å². The number of amides is 2. The topological polar surface area (TPSA) is 40.6 Å². The lowest BCUT2D eigenvalue weighted by Gasteiger charge is -2.27. The summed E-state index contributed by atoms with van der Waals surface area (Å²) in [6.07, 6.45) is 52.3. The van der Waals surface area contributed by atoms with E-state index >= 15 is 9.59 Å². The fraction of sp³-hybridized carbons (Fsp3) is 0.649. The molecular formula is C74H109BrN2O2S4. The number of hydrogen-bond acceptors (Lipinski definition) is 6. The second kappa shape index (κ2) is 39.2. The first-order valence-electron chi connectivity index (χ1n) is 34.4. The Kier molecular flexibility index (Phi) is 31.9. The molecule has 83 heavy (non-hydrogen) atoms. The monoisotopic (exact) mass is 1260 g/mol. The molecule has 1 aromatic carbocycles. The van der Waals surface area contributed by atoms with Gasteiger partial charge in [-0.05, 0) is 113 Å². The Morgan fingerprint density at radius 2 is 0.663 bits per heavy atom. The second-order valence-electron chi connectivity index (χ2n) is 25.1. The summed E-state index contributed by atoms with van der Waals surface area (Å²) in [5.41, 5.74) is 3.63. The number of rotatable bonds is 48. The van der Waals surface area contributed by atoms with E-state index in [-0.39, 0.29) is 11.8 Å². The SMILES string of the molecule is CCCCCCCCCCCCC(CCCCCCCCCC)CN1C(=O)C(c2ccc(Br)s2)=c2cc3c(cc21)=C(c1ccc(-c2ccc(-c4cccs4)s2)s1)C(=O)N3CC(CCCCCCCCCC)CCCCCCCCCCCC. The van der Waals surface area contributed by atoms with Crippen molar-refractivity contribution in [2.45, 2.75) is 285 Å². The van der Waals surface area contributed by atoms with Crippen LogP contribution in [0.15, 0.2) is 69.8 Å². The zero-order chi connectivity index (χ0) is 58.3. The van der Waals surface area contributed by atoms with Crippen molar-refractivity contribution < 1.29 is 9.59 Å². The molecule has 458 valence electrons. The average molecular weight is 1270 g/mol. The third kappa shape index (κ3) is 21.8. The molecule has 0 fully saturated rings. The summed E-state index contributed by atoms with van der Waals surface area (Å²) < 4.78 is 1.03. The van der Waals surface area contributed by atoms with Gasteiger partial charge in [-0.15, -0.1) is 45.3 Å². The molecule has 0 aliphatic carbocycles. The lowest BCUT2D eigenvalue weighted by molar-refractivity contribution is -0.114. The van der Waals surface area contributed by atoms with Crippen molar-refractivity contribution >= 4 is 95.6 Å². The molecular weight excluding hydrogens is 1160 g/mol. The number of benzene rings is 1. The van der Waals surface area contributed by atoms with Gasteiger partial charge in [0.25, 0.3) is 11.8 Å². The maximum Gasteiger partial charge on any atom is 0.260 e. The number of hydrogen-bond donors (Lipinski definition) is 0. The highest BCUT2D eigenvalue weighted by Gasteiger charge is 2.38. The van der Waals surface area contributed by atoms with Crippen LogP contribution >= 0.6 is 61.3 Å². The molecule has 7 rings (SSSR count). The molecule has 2 aliphatic rings. The summed E-state index contributed by atoms with van der Waals surface area (Å²) in [7, 11) is 0. The van der Waals surface area contributed by atoms with Crippen LogP contribution in [-0.4, -0.2) is 24.9 Å². The summed E-state index contributed by atoms with van der Waals surface area (Å²) in [5.74, 6) is 1.12. The molecule has 0 saturated heterocycles. The molecule has 4 aromatic heterocycles. The minimum Gasteiger partial charge on any atom is -0.307 e. The summed E-state index contributed by atoms with van der Waals surface area (Å²) in [6.45, 7) is 10.7. The third-order valence-electron chi connectivity index (χ3n) is 18.2. The third-order valence-corrected chi connectivity index (χ3v) is 23.3. The van der Waals surface area contributed by atoms with E-state index in [2.05, 4.69) is 119 Å². The molecule has 0 N–H and O–H groups in total. The van der Waals surface area contributed by atoms with Crippen molar-refractivity contribution in [3.63, 3.8) is 0 Å². The predicted octanol–water partition coefficient (Wildman–Crippen LogP) is 24.0. The summed E-state index contributed by atoms with van der Waals surface area (Å²) in [5, 5.41) is 4.17. The van der Waals surface area contributed by atoms with Crippen LogP contribution in [0.2, 0.25) is 0 Å². The van der Waals surface area contributed by atoms with Crippen LogP contribution in [-0.2, 0) is 9.59 Å². The van der Waals surface area contributed by atoms with E-state index in [1.54, 1.807) is 34.0 Å². The molecule has 2 amide bonds. The summed E-state index contributed by atoms with van der Waals surface area (Å²) in [6, 6.07) is 22.2. The number of anilines is 2. The zero-order valence-electron chi connectivity index (χ0n) is 52.4. The highest BCUT2D eigenvalue weighted by atomic mass is 79.9. The lowest BCUT2D eigenvalue weighted by Crippen LogP contribution is -2.35. The van der Waals surface area contributed by atoms with Crippen molar-refractivity contribution in [3.05, 3.63) is 90.0 Å². The van der Waals surface area contributed by atoms with Gasteiger partial charge in [-0.25, -0.2) is 0 Å². The van der Waals surface area contributed by atoms with Gasteiger partial charge in [0.1, 0.15) is 0 Å². The summed E-state index contributed by atoms with van der Waals surface area (Å²) >= 11 is 10.8. The highest BCUT2D eigenvalue weighted by Crippen LogP contribution is 2.42. The quantitative estimate of drug-likeness (QED) is 0.0364. The molecule has 0 spiro atoms. The molecule has 2 atom stereocenters. The number of unbranched alkanes of at least 4 members (excludes halogenated alkanes) is 32. The van der Waals surface area contributed by atoms with Crippen LogP contribution in [0.1, 0.15) is 294 Å². The van der Waals surface area contributed by atoms with Crippen molar-refractivity contribution in [1.82, 2.24) is 0 Å². The van der Waals surface area contributed by atoms with E-state index in [4.69, 9.17) is 0 Å². The van der Waals surface area contributed by atoms with Gasteiger partial charge in [0, 0.05) is 52.8 Å². The van der Waals surface area contributed by atoms with Crippen LogP contribution in [0.5, 0.6) is 0 Å². The first kappa shape index (κ1) is 67.7. The van der Waals surface area contributed by atoms with Crippen molar-refractivity contribution in [1.29, 1.82) is 0 Å². The minimum absolute atomic E-state index is 0.132. The van der Waals surface area contributed by atoms with Crippen molar-refractivity contribution in [2.24, 2.45) is 11.8 Å². The first-order valence-corrected chi connectivity index (χ1v) is 38.5. The molecule has 6 heterocycles. The Labute approximate surface area is 530 Å². The van der Waals surface area contributed by atoms with E-state index < -0.39 is 0 Å². The molecule has 0 saturated carbocycles. The number of halogens is 1. The highest BCUT2D eigenvalue weighted by molar-refractivity contribution is 9.11. The van der Waals surface area contributed by atoms with Gasteiger partial charge in [-0.1, -0.05) is 265 Å². The number of carbonyl (C=O) groups is 2. The molecule has 9 heteroatoms. The van der Waals surface area contributed by atoms with Crippen LogP contribution in [0.3, 0.4) is 0 Å². The number of carbonyl (C=O) groups excluding carboxylic acids is 2. The van der Waals surface area contributed by atoms with E-state index in [9.17, 15) is 0 Å². The zero-order valence-corrected chi connectivity index (χ0v) is 57.3. The van der Waals surface area contributed by atoms with Gasteiger partial charge in [0.2, 0.25) is 0 Å². The standard InChI is InChI=1S/C74H109BrN2O2S4/c1-5-9-13-17-21-25-27-31-35-39-44-58(42-37-33-29-23-19-15-11-7-3)56-76-62-55-61-63(54-60(62)71(73(76)78)68-50-49-67(82-68)66-48-47-65(81-66)64-46-41-53-80-64)77(74(79)72(61)69-51-52-70(75)83-69)57-59(43-38-34-30-24-20-16-12-8-4)45-40-36-32-28-26-22-18-14-10-6-2/h41,46-55,58-59H,5-40,42-45,56-57H2,1-4H3. The Morgan fingerprint density at radius 1 is 0.361 bits per heavy atom. The molecule has 2 aliphatic heterocycles. The number of fused-ring (bicyclic) bond motifs is 2. The van der Waals surface area contributed by atoms with Crippen molar-refractivity contribution in [3.8, 4) is 19.5 Å². The molecule has 4 nitrogen and oxygen atoms in total.